The number of piperidine rings is 1. The van der Waals surface area contributed by atoms with Crippen LogP contribution in [0, 0.1) is 6.92 Å². The lowest BCUT2D eigenvalue weighted by atomic mass is 9.91. The van der Waals surface area contributed by atoms with Crippen LogP contribution in [0.25, 0.3) is 16.5 Å². The number of hydrogen-bond acceptors (Lipinski definition) is 4. The number of likely N-dealkylation sites (tertiary alicyclic amines) is 1. The number of hydrogen-bond donors (Lipinski definition) is 3. The summed E-state index contributed by atoms with van der Waals surface area (Å²) in [5.41, 5.74) is 4.11. The van der Waals surface area contributed by atoms with E-state index in [0.29, 0.717) is 49.1 Å². The molecule has 10 heteroatoms. The summed E-state index contributed by atoms with van der Waals surface area (Å²) >= 11 is 6.43. The number of urea groups is 1. The van der Waals surface area contributed by atoms with Crippen molar-refractivity contribution in [2.24, 2.45) is 0 Å². The minimum absolute atomic E-state index is 0.0913. The zero-order chi connectivity index (χ0) is 27.5. The maximum atomic E-state index is 13.4. The predicted molar refractivity (Wildman–Crippen MR) is 152 cm³/mol. The molecule has 202 valence electrons. The van der Waals surface area contributed by atoms with Gasteiger partial charge in [0, 0.05) is 47.5 Å². The van der Waals surface area contributed by atoms with E-state index in [9.17, 15) is 14.7 Å². The summed E-state index contributed by atoms with van der Waals surface area (Å²) in [6.07, 6.45) is 0.444. The third kappa shape index (κ3) is 5.55. The first kappa shape index (κ1) is 26.5. The molecule has 1 aliphatic rings. The number of carbonyl (C=O) groups excluding carboxylic acids is 1. The molecule has 1 aromatic heterocycles. The molecule has 0 aliphatic carbocycles. The van der Waals surface area contributed by atoms with Crippen LogP contribution >= 0.6 is 11.6 Å². The van der Waals surface area contributed by atoms with E-state index in [1.54, 1.807) is 23.9 Å². The Morgan fingerprint density at radius 1 is 1.05 bits per heavy atom. The second kappa shape index (κ2) is 11.3. The molecule has 0 unspecified atom stereocenters. The molecule has 39 heavy (non-hydrogen) atoms. The van der Waals surface area contributed by atoms with Crippen molar-refractivity contribution in [1.29, 1.82) is 0 Å². The second-order valence-electron chi connectivity index (χ2n) is 9.64. The van der Waals surface area contributed by atoms with Crippen molar-refractivity contribution in [3.63, 3.8) is 0 Å². The lowest BCUT2D eigenvalue weighted by Crippen LogP contribution is -2.37. The third-order valence-electron chi connectivity index (χ3n) is 7.13. The van der Waals surface area contributed by atoms with Gasteiger partial charge >= 0.3 is 12.1 Å². The van der Waals surface area contributed by atoms with E-state index < -0.39 is 12.1 Å². The van der Waals surface area contributed by atoms with Gasteiger partial charge in [0.1, 0.15) is 5.82 Å². The molecular formula is C29H30ClN5O4. The van der Waals surface area contributed by atoms with Crippen LogP contribution in [0.15, 0.2) is 60.7 Å². The molecule has 9 nitrogen and oxygen atoms in total. The summed E-state index contributed by atoms with van der Waals surface area (Å²) in [6, 6.07) is 18.6. The van der Waals surface area contributed by atoms with Crippen LogP contribution in [0.5, 0.6) is 0 Å². The van der Waals surface area contributed by atoms with Gasteiger partial charge in [-0.05, 0) is 55.7 Å². The summed E-state index contributed by atoms with van der Waals surface area (Å²) in [4.78, 5) is 26.2. The molecule has 0 saturated carbocycles. The molecule has 1 aliphatic heterocycles. The normalized spacial score (nSPS) is 14.0. The summed E-state index contributed by atoms with van der Waals surface area (Å²) in [7, 11) is 1.64. The number of ether oxygens (including phenoxy) is 1. The number of halogens is 1. The fraction of sp³-hybridized carbons (Fsp3) is 0.276. The van der Waals surface area contributed by atoms with Crippen LogP contribution in [-0.2, 0) is 11.3 Å². The number of fused-ring (bicyclic) bond motifs is 1. The molecule has 0 atom stereocenters. The van der Waals surface area contributed by atoms with Crippen molar-refractivity contribution < 1.29 is 19.4 Å². The fourth-order valence-electron chi connectivity index (χ4n) is 5.13. The largest absolute Gasteiger partial charge is 0.465 e. The van der Waals surface area contributed by atoms with E-state index in [-0.39, 0.29) is 5.92 Å². The van der Waals surface area contributed by atoms with Crippen molar-refractivity contribution >= 4 is 46.0 Å². The number of amides is 3. The van der Waals surface area contributed by atoms with Crippen molar-refractivity contribution in [3.05, 3.63) is 82.5 Å². The van der Waals surface area contributed by atoms with Crippen LogP contribution in [0.2, 0.25) is 5.02 Å². The lowest BCUT2D eigenvalue weighted by molar-refractivity contribution is 0.131. The molecule has 5 rings (SSSR count). The number of carbonyl (C=O) groups is 2. The fourth-order valence-corrected chi connectivity index (χ4v) is 5.36. The summed E-state index contributed by atoms with van der Waals surface area (Å²) < 4.78 is 7.01. The monoisotopic (exact) mass is 547 g/mol. The number of carboxylic acid groups (broad SMARTS) is 1. The van der Waals surface area contributed by atoms with Gasteiger partial charge in [-0.1, -0.05) is 41.9 Å². The van der Waals surface area contributed by atoms with Gasteiger partial charge in [-0.2, -0.15) is 5.10 Å². The average Bonchev–Trinajstić information content (AvgIpc) is 3.26. The Morgan fingerprint density at radius 3 is 2.49 bits per heavy atom. The minimum atomic E-state index is -0.900. The SMILES string of the molecule is COCc1ccc2c(Cl)ccc(NC(=O)Nc3c(C)c(C4CCN(C(=O)O)CC4)nn3-c3ccccc3)c2c1. The molecule has 4 aromatic rings. The number of anilines is 2. The highest BCUT2D eigenvalue weighted by atomic mass is 35.5. The first-order chi connectivity index (χ1) is 18.9. The molecule has 1 fully saturated rings. The molecule has 3 aromatic carbocycles. The van der Waals surface area contributed by atoms with Gasteiger partial charge in [-0.15, -0.1) is 0 Å². The molecule has 1 saturated heterocycles. The summed E-state index contributed by atoms with van der Waals surface area (Å²) in [5, 5.41) is 22.5. The predicted octanol–water partition coefficient (Wildman–Crippen LogP) is 6.64. The topological polar surface area (TPSA) is 109 Å². The Kier molecular flexibility index (Phi) is 7.72. The van der Waals surface area contributed by atoms with Gasteiger partial charge in [0.05, 0.1) is 23.7 Å². The minimum Gasteiger partial charge on any atom is -0.465 e. The maximum Gasteiger partial charge on any atom is 0.407 e. The smallest absolute Gasteiger partial charge is 0.407 e. The maximum absolute atomic E-state index is 13.4. The number of nitrogens with one attached hydrogen (secondary N) is 2. The van der Waals surface area contributed by atoms with Crippen LogP contribution in [0.1, 0.15) is 35.6 Å². The van der Waals surface area contributed by atoms with E-state index in [2.05, 4.69) is 10.6 Å². The van der Waals surface area contributed by atoms with E-state index in [4.69, 9.17) is 21.4 Å². The van der Waals surface area contributed by atoms with Crippen molar-refractivity contribution in [2.45, 2.75) is 32.3 Å². The highest BCUT2D eigenvalue weighted by molar-refractivity contribution is 6.36. The number of rotatable bonds is 6. The van der Waals surface area contributed by atoms with E-state index >= 15 is 0 Å². The Labute approximate surface area is 231 Å². The van der Waals surface area contributed by atoms with Gasteiger partial charge < -0.3 is 20.1 Å². The first-order valence-corrected chi connectivity index (χ1v) is 13.1. The number of benzene rings is 3. The number of aromatic nitrogens is 2. The third-order valence-corrected chi connectivity index (χ3v) is 7.46. The Hall–Kier alpha value is -4.08. The van der Waals surface area contributed by atoms with Gasteiger partial charge in [-0.3, -0.25) is 5.32 Å². The van der Waals surface area contributed by atoms with Gasteiger partial charge in [0.15, 0.2) is 0 Å². The molecule has 0 spiro atoms. The van der Waals surface area contributed by atoms with Gasteiger partial charge in [-0.25, -0.2) is 14.3 Å². The highest BCUT2D eigenvalue weighted by Crippen LogP contribution is 2.35. The van der Waals surface area contributed by atoms with Gasteiger partial charge in [0.25, 0.3) is 0 Å². The van der Waals surface area contributed by atoms with E-state index in [1.165, 1.54) is 4.90 Å². The first-order valence-electron chi connectivity index (χ1n) is 12.8. The van der Waals surface area contributed by atoms with Gasteiger partial charge in [0.2, 0.25) is 0 Å². The van der Waals surface area contributed by atoms with Crippen molar-refractivity contribution in [3.8, 4) is 5.69 Å². The van der Waals surface area contributed by atoms with E-state index in [1.807, 2.05) is 55.5 Å². The van der Waals surface area contributed by atoms with Crippen LogP contribution in [0.3, 0.4) is 0 Å². The number of methoxy groups -OCH3 is 1. The number of nitrogens with zero attached hydrogens (tertiary/aromatic N) is 3. The standard InChI is InChI=1S/C29H30ClN5O4/c1-18-26(20-12-14-34(15-13-20)29(37)38)33-35(21-6-4-3-5-7-21)27(18)32-28(36)31-25-11-10-24(30)22-9-8-19(17-39-2)16-23(22)25/h3-11,16,20H,12-15,17H2,1-2H3,(H,37,38)(H2,31,32,36). The van der Waals surface area contributed by atoms with Crippen molar-refractivity contribution in [2.75, 3.05) is 30.8 Å². The molecule has 2 heterocycles. The Bertz CT molecular complexity index is 1510. The quantitative estimate of drug-likeness (QED) is 0.251. The summed E-state index contributed by atoms with van der Waals surface area (Å²) in [5.74, 6) is 0.654. The molecule has 3 amide bonds. The molecule has 0 radical (unpaired) electrons. The highest BCUT2D eigenvalue weighted by Gasteiger charge is 2.29. The average molecular weight is 548 g/mol. The van der Waals surface area contributed by atoms with Crippen molar-refractivity contribution in [1.82, 2.24) is 14.7 Å². The zero-order valence-corrected chi connectivity index (χ0v) is 22.5. The molecular weight excluding hydrogens is 518 g/mol. The zero-order valence-electron chi connectivity index (χ0n) is 21.8. The Morgan fingerprint density at radius 2 is 1.79 bits per heavy atom. The summed E-state index contributed by atoms with van der Waals surface area (Å²) in [6.45, 7) is 3.29. The van der Waals surface area contributed by atoms with Crippen LogP contribution < -0.4 is 10.6 Å². The van der Waals surface area contributed by atoms with Crippen LogP contribution in [0.4, 0.5) is 21.1 Å². The van der Waals surface area contributed by atoms with E-state index in [0.717, 1.165) is 33.3 Å². The Balaban J connectivity index is 1.45. The van der Waals surface area contributed by atoms with Crippen LogP contribution in [-0.4, -0.2) is 52.1 Å². The molecule has 3 N–H and O–H groups in total. The number of para-hydroxylation sites is 1. The second-order valence-corrected chi connectivity index (χ2v) is 10.0. The lowest BCUT2D eigenvalue weighted by Gasteiger charge is -2.29. The molecule has 0 bridgehead atoms.